The van der Waals surface area contributed by atoms with Crippen molar-refractivity contribution in [2.24, 2.45) is 10.9 Å². The first-order valence-electron chi connectivity index (χ1n) is 5.62. The average molecular weight is 253 g/mol. The van der Waals surface area contributed by atoms with E-state index in [9.17, 15) is 10.2 Å². The van der Waals surface area contributed by atoms with Crippen molar-refractivity contribution in [1.29, 1.82) is 0 Å². The zero-order valence-electron chi connectivity index (χ0n) is 9.62. The molecule has 4 atom stereocenters. The molecule has 0 amide bonds. The lowest BCUT2D eigenvalue weighted by molar-refractivity contribution is -0.160. The number of aliphatic hydroxyl groups is 3. The maximum absolute atomic E-state index is 9.84. The Morgan fingerprint density at radius 1 is 1.33 bits per heavy atom. The minimum Gasteiger partial charge on any atom is -0.394 e. The highest BCUT2D eigenvalue weighted by molar-refractivity contribution is 5.65. The molecule has 2 rings (SSSR count). The van der Waals surface area contributed by atoms with Crippen molar-refractivity contribution in [2.45, 2.75) is 18.3 Å². The molecule has 1 aliphatic rings. The van der Waals surface area contributed by atoms with Crippen LogP contribution in [-0.2, 0) is 4.74 Å². The molecular weight excluding hydrogens is 238 g/mol. The lowest BCUT2D eigenvalue weighted by atomic mass is 9.93. The SMILES string of the molecule is OC[C@H]1OCC(/C=N\c2ncccn2)[C@@H](O)[C@H]1O. The molecule has 7 nitrogen and oxygen atoms in total. The largest absolute Gasteiger partial charge is 0.394 e. The molecule has 1 aromatic rings. The van der Waals surface area contributed by atoms with Gasteiger partial charge in [-0.1, -0.05) is 0 Å². The molecule has 0 aromatic carbocycles. The van der Waals surface area contributed by atoms with E-state index in [0.717, 1.165) is 0 Å². The first-order chi connectivity index (χ1) is 8.72. The molecule has 3 N–H and O–H groups in total. The summed E-state index contributed by atoms with van der Waals surface area (Å²) in [6.45, 7) is -0.149. The van der Waals surface area contributed by atoms with Gasteiger partial charge in [-0.15, -0.1) is 0 Å². The minimum atomic E-state index is -1.13. The topological polar surface area (TPSA) is 108 Å². The fourth-order valence-corrected chi connectivity index (χ4v) is 1.72. The zero-order chi connectivity index (χ0) is 13.0. The summed E-state index contributed by atoms with van der Waals surface area (Å²) >= 11 is 0. The number of aliphatic hydroxyl groups excluding tert-OH is 3. The van der Waals surface area contributed by atoms with E-state index in [0.29, 0.717) is 0 Å². The monoisotopic (exact) mass is 253 g/mol. The summed E-state index contributed by atoms with van der Waals surface area (Å²) in [4.78, 5) is 11.8. The number of ether oxygens (including phenoxy) is 1. The summed E-state index contributed by atoms with van der Waals surface area (Å²) in [5.41, 5.74) is 0. The summed E-state index contributed by atoms with van der Waals surface area (Å²) in [7, 11) is 0. The van der Waals surface area contributed by atoms with Crippen molar-refractivity contribution in [1.82, 2.24) is 9.97 Å². The molecule has 1 unspecified atom stereocenters. The molecule has 7 heteroatoms. The van der Waals surface area contributed by atoms with Gasteiger partial charge in [-0.2, -0.15) is 0 Å². The number of hydrogen-bond acceptors (Lipinski definition) is 7. The van der Waals surface area contributed by atoms with Crippen molar-refractivity contribution in [3.63, 3.8) is 0 Å². The average Bonchev–Trinajstić information content (AvgIpc) is 2.42. The normalized spacial score (nSPS) is 32.8. The van der Waals surface area contributed by atoms with Crippen LogP contribution in [0.5, 0.6) is 0 Å². The van der Waals surface area contributed by atoms with Crippen LogP contribution in [0.4, 0.5) is 5.95 Å². The van der Waals surface area contributed by atoms with E-state index < -0.39 is 24.2 Å². The van der Waals surface area contributed by atoms with Crippen LogP contribution in [0.25, 0.3) is 0 Å². The molecule has 0 aliphatic carbocycles. The Bertz CT molecular complexity index is 401. The summed E-state index contributed by atoms with van der Waals surface area (Å²) in [6, 6.07) is 1.67. The van der Waals surface area contributed by atoms with E-state index in [1.807, 2.05) is 0 Å². The molecule has 1 fully saturated rings. The third-order valence-corrected chi connectivity index (χ3v) is 2.79. The summed E-state index contributed by atoms with van der Waals surface area (Å²) < 4.78 is 5.22. The quantitative estimate of drug-likeness (QED) is 0.591. The zero-order valence-corrected chi connectivity index (χ0v) is 9.62. The van der Waals surface area contributed by atoms with Crippen molar-refractivity contribution in [3.05, 3.63) is 18.5 Å². The van der Waals surface area contributed by atoms with E-state index in [2.05, 4.69) is 15.0 Å². The van der Waals surface area contributed by atoms with Crippen LogP contribution in [0.15, 0.2) is 23.5 Å². The van der Waals surface area contributed by atoms with Gasteiger partial charge in [-0.05, 0) is 6.07 Å². The number of nitrogens with zero attached hydrogens (tertiary/aromatic N) is 3. The van der Waals surface area contributed by atoms with Gasteiger partial charge in [-0.3, -0.25) is 0 Å². The van der Waals surface area contributed by atoms with E-state index in [1.54, 1.807) is 18.5 Å². The molecule has 98 valence electrons. The van der Waals surface area contributed by atoms with Gasteiger partial charge in [0.25, 0.3) is 0 Å². The van der Waals surface area contributed by atoms with Crippen LogP contribution < -0.4 is 0 Å². The number of hydrogen-bond donors (Lipinski definition) is 3. The molecule has 18 heavy (non-hydrogen) atoms. The van der Waals surface area contributed by atoms with E-state index in [1.165, 1.54) is 6.21 Å². The molecule has 0 radical (unpaired) electrons. The van der Waals surface area contributed by atoms with Gasteiger partial charge in [0.15, 0.2) is 0 Å². The lowest BCUT2D eigenvalue weighted by Crippen LogP contribution is -2.51. The number of aliphatic imine (C=N–C) groups is 1. The summed E-state index contributed by atoms with van der Waals surface area (Å²) in [6.07, 6.45) is 1.67. The lowest BCUT2D eigenvalue weighted by Gasteiger charge is -2.35. The maximum Gasteiger partial charge on any atom is 0.248 e. The van der Waals surface area contributed by atoms with Gasteiger partial charge in [0.2, 0.25) is 5.95 Å². The third-order valence-electron chi connectivity index (χ3n) is 2.79. The van der Waals surface area contributed by atoms with Crippen LogP contribution in [0.3, 0.4) is 0 Å². The van der Waals surface area contributed by atoms with E-state index >= 15 is 0 Å². The predicted molar refractivity (Wildman–Crippen MR) is 62.5 cm³/mol. The molecule has 1 saturated heterocycles. The van der Waals surface area contributed by atoms with Crippen molar-refractivity contribution in [2.75, 3.05) is 13.2 Å². The Kier molecular flexibility index (Phi) is 4.32. The van der Waals surface area contributed by atoms with Crippen molar-refractivity contribution in [3.8, 4) is 0 Å². The van der Waals surface area contributed by atoms with Crippen LogP contribution in [-0.4, -0.2) is 63.0 Å². The standard InChI is InChI=1S/C11H15N3O4/c15-5-8-10(17)9(16)7(6-18-8)4-14-11-12-2-1-3-13-11/h1-4,7-10,15-17H,5-6H2/b14-4-/t7?,8-,9-,10+/m1/s1. The fraction of sp³-hybridized carbons (Fsp3) is 0.545. The highest BCUT2D eigenvalue weighted by Gasteiger charge is 2.37. The highest BCUT2D eigenvalue weighted by Crippen LogP contribution is 2.19. The molecule has 1 aromatic heterocycles. The second kappa shape index (κ2) is 5.96. The van der Waals surface area contributed by atoms with Gasteiger partial charge in [-0.25, -0.2) is 15.0 Å². The van der Waals surface area contributed by atoms with Gasteiger partial charge in [0.05, 0.1) is 19.3 Å². The molecule has 0 spiro atoms. The minimum absolute atomic E-state index is 0.180. The number of aromatic nitrogens is 2. The van der Waals surface area contributed by atoms with Gasteiger partial charge in [0.1, 0.15) is 12.2 Å². The van der Waals surface area contributed by atoms with Crippen molar-refractivity contribution >= 4 is 12.2 Å². The Hall–Kier alpha value is -1.41. The van der Waals surface area contributed by atoms with Gasteiger partial charge < -0.3 is 20.1 Å². The molecule has 2 heterocycles. The first-order valence-corrected chi connectivity index (χ1v) is 5.62. The van der Waals surface area contributed by atoms with Crippen LogP contribution in [0.1, 0.15) is 0 Å². The van der Waals surface area contributed by atoms with Crippen LogP contribution >= 0.6 is 0 Å². The third kappa shape index (κ3) is 2.88. The molecule has 1 aliphatic heterocycles. The van der Waals surface area contributed by atoms with Gasteiger partial charge >= 0.3 is 0 Å². The molecule has 0 saturated carbocycles. The fourth-order valence-electron chi connectivity index (χ4n) is 1.72. The summed E-state index contributed by atoms with van der Waals surface area (Å²) in [5, 5.41) is 28.4. The van der Waals surface area contributed by atoms with Crippen molar-refractivity contribution < 1.29 is 20.1 Å². The Labute approximate surface area is 104 Å². The van der Waals surface area contributed by atoms with Crippen LogP contribution in [0, 0.1) is 5.92 Å². The predicted octanol–water partition coefficient (Wildman–Crippen LogP) is -1.09. The Balaban J connectivity index is 2.00. The Morgan fingerprint density at radius 2 is 2.06 bits per heavy atom. The smallest absolute Gasteiger partial charge is 0.248 e. The Morgan fingerprint density at radius 3 is 2.72 bits per heavy atom. The number of rotatable bonds is 3. The van der Waals surface area contributed by atoms with Crippen LogP contribution in [0.2, 0.25) is 0 Å². The second-order valence-corrected chi connectivity index (χ2v) is 4.03. The van der Waals surface area contributed by atoms with Gasteiger partial charge in [0, 0.05) is 24.5 Å². The van der Waals surface area contributed by atoms with E-state index in [4.69, 9.17) is 9.84 Å². The molecule has 0 bridgehead atoms. The molecular formula is C11H15N3O4. The van der Waals surface area contributed by atoms with E-state index in [-0.39, 0.29) is 19.2 Å². The second-order valence-electron chi connectivity index (χ2n) is 4.03. The maximum atomic E-state index is 9.84. The summed E-state index contributed by atoms with van der Waals surface area (Å²) in [5.74, 6) is -0.171. The first kappa shape index (κ1) is 13.0. The highest BCUT2D eigenvalue weighted by atomic mass is 16.5.